The Hall–Kier alpha value is -0.800. The molecule has 1 aliphatic carbocycles. The van der Waals surface area contributed by atoms with E-state index in [9.17, 15) is 0 Å². The second-order valence-corrected chi connectivity index (χ2v) is 8.31. The van der Waals surface area contributed by atoms with Crippen LogP contribution in [0.4, 0.5) is 5.69 Å². The van der Waals surface area contributed by atoms with Crippen LogP contribution in [0.5, 0.6) is 0 Å². The van der Waals surface area contributed by atoms with Crippen LogP contribution in [0.3, 0.4) is 0 Å². The Morgan fingerprint density at radius 3 is 2.55 bits per heavy atom. The van der Waals surface area contributed by atoms with Crippen LogP contribution in [-0.4, -0.2) is 0 Å². The molecule has 1 nitrogen and oxygen atoms in total. The molecule has 0 spiro atoms. The molecule has 0 amide bonds. The lowest BCUT2D eigenvalue weighted by atomic mass is 9.93. The third kappa shape index (κ3) is 2.66. The van der Waals surface area contributed by atoms with Gasteiger partial charge >= 0.3 is 0 Å². The van der Waals surface area contributed by atoms with E-state index in [1.54, 1.807) is 4.88 Å². The van der Waals surface area contributed by atoms with Crippen molar-refractivity contribution in [3.05, 3.63) is 49.1 Å². The fourth-order valence-electron chi connectivity index (χ4n) is 3.25. The molecule has 1 heterocycles. The van der Waals surface area contributed by atoms with Crippen molar-refractivity contribution in [2.75, 3.05) is 5.32 Å². The fourth-order valence-corrected chi connectivity index (χ4v) is 5.07. The van der Waals surface area contributed by atoms with Crippen LogP contribution in [0.25, 0.3) is 0 Å². The van der Waals surface area contributed by atoms with Crippen LogP contribution < -0.4 is 5.32 Å². The zero-order chi connectivity index (χ0) is 14.3. The van der Waals surface area contributed by atoms with Crippen molar-refractivity contribution in [1.82, 2.24) is 0 Å². The summed E-state index contributed by atoms with van der Waals surface area (Å²) in [7, 11) is 0. The summed E-state index contributed by atoms with van der Waals surface area (Å²) >= 11 is 5.53. The molecule has 0 saturated carbocycles. The number of hydrogen-bond donors (Lipinski definition) is 1. The highest BCUT2D eigenvalue weighted by molar-refractivity contribution is 9.11. The van der Waals surface area contributed by atoms with Crippen molar-refractivity contribution in [3.63, 3.8) is 0 Å². The van der Waals surface area contributed by atoms with Gasteiger partial charge in [0, 0.05) is 10.6 Å². The summed E-state index contributed by atoms with van der Waals surface area (Å²) in [6.07, 6.45) is 3.74. The van der Waals surface area contributed by atoms with E-state index in [1.807, 2.05) is 11.3 Å². The molecule has 1 unspecified atom stereocenters. The summed E-state index contributed by atoms with van der Waals surface area (Å²) in [5.74, 6) is 0. The number of hydrogen-bond acceptors (Lipinski definition) is 2. The first-order valence-corrected chi connectivity index (χ1v) is 8.78. The zero-order valence-electron chi connectivity index (χ0n) is 12.2. The van der Waals surface area contributed by atoms with E-state index in [4.69, 9.17) is 0 Å². The highest BCUT2D eigenvalue weighted by Gasteiger charge is 2.23. The summed E-state index contributed by atoms with van der Waals surface area (Å²) in [5, 5.41) is 3.80. The van der Waals surface area contributed by atoms with Gasteiger partial charge in [0.15, 0.2) is 0 Å². The molecular formula is C17H20BrNS. The number of fused-ring (bicyclic) bond motifs is 1. The molecule has 106 valence electrons. The third-order valence-corrected chi connectivity index (χ3v) is 5.79. The molecule has 0 radical (unpaired) electrons. The molecule has 0 aliphatic heterocycles. The number of rotatable bonds is 2. The molecule has 20 heavy (non-hydrogen) atoms. The summed E-state index contributed by atoms with van der Waals surface area (Å²) in [6.45, 7) is 6.57. The monoisotopic (exact) mass is 349 g/mol. The molecule has 1 N–H and O–H groups in total. The molecule has 3 heteroatoms. The lowest BCUT2D eigenvalue weighted by molar-refractivity contribution is 0.608. The Morgan fingerprint density at radius 1 is 1.15 bits per heavy atom. The molecule has 1 atom stereocenters. The van der Waals surface area contributed by atoms with Crippen molar-refractivity contribution >= 4 is 33.0 Å². The van der Waals surface area contributed by atoms with Gasteiger partial charge in [0.25, 0.3) is 0 Å². The van der Waals surface area contributed by atoms with Crippen LogP contribution >= 0.6 is 27.3 Å². The standard InChI is InChI=1S/C17H20BrNS/c1-10-7-11(2)17(12(3)8-10)19-14-5-4-6-15-13(14)9-16(18)20-15/h7-9,14,19H,4-6H2,1-3H3. The Labute approximate surface area is 133 Å². The molecular weight excluding hydrogens is 330 g/mol. The van der Waals surface area contributed by atoms with Crippen molar-refractivity contribution in [1.29, 1.82) is 0 Å². The molecule has 1 aliphatic rings. The van der Waals surface area contributed by atoms with Crippen molar-refractivity contribution in [2.24, 2.45) is 0 Å². The van der Waals surface area contributed by atoms with Gasteiger partial charge < -0.3 is 5.32 Å². The predicted octanol–water partition coefficient (Wildman–Crippen LogP) is 5.93. The Balaban J connectivity index is 1.93. The van der Waals surface area contributed by atoms with Crippen molar-refractivity contribution in [3.8, 4) is 0 Å². The highest BCUT2D eigenvalue weighted by atomic mass is 79.9. The number of halogens is 1. The van der Waals surface area contributed by atoms with Crippen molar-refractivity contribution in [2.45, 2.75) is 46.1 Å². The number of aryl methyl sites for hydroxylation is 4. The second-order valence-electron chi connectivity index (χ2n) is 5.79. The molecule has 1 aromatic carbocycles. The van der Waals surface area contributed by atoms with Gasteiger partial charge in [-0.25, -0.2) is 0 Å². The van der Waals surface area contributed by atoms with Gasteiger partial charge in [0.1, 0.15) is 0 Å². The van der Waals surface area contributed by atoms with E-state index in [2.05, 4.69) is 60.2 Å². The summed E-state index contributed by atoms with van der Waals surface area (Å²) in [4.78, 5) is 1.54. The van der Waals surface area contributed by atoms with E-state index in [-0.39, 0.29) is 0 Å². The number of thiophene rings is 1. The highest BCUT2D eigenvalue weighted by Crippen LogP contribution is 2.40. The minimum absolute atomic E-state index is 0.460. The van der Waals surface area contributed by atoms with Gasteiger partial charge in [-0.2, -0.15) is 0 Å². The maximum Gasteiger partial charge on any atom is 0.0705 e. The third-order valence-electron chi connectivity index (χ3n) is 4.08. The fraction of sp³-hybridized carbons (Fsp3) is 0.412. The Kier molecular flexibility index (Phi) is 3.91. The topological polar surface area (TPSA) is 12.0 Å². The molecule has 0 saturated heterocycles. The van der Waals surface area contributed by atoms with Crippen LogP contribution in [0.15, 0.2) is 22.0 Å². The smallest absolute Gasteiger partial charge is 0.0705 e. The minimum Gasteiger partial charge on any atom is -0.378 e. The normalized spacial score (nSPS) is 17.9. The molecule has 0 bridgehead atoms. The van der Waals surface area contributed by atoms with E-state index >= 15 is 0 Å². The Bertz CT molecular complexity index is 621. The summed E-state index contributed by atoms with van der Waals surface area (Å²) < 4.78 is 1.26. The van der Waals surface area contributed by atoms with Gasteiger partial charge in [-0.15, -0.1) is 11.3 Å². The molecule has 3 rings (SSSR count). The number of anilines is 1. The van der Waals surface area contributed by atoms with Gasteiger partial charge in [-0.3, -0.25) is 0 Å². The molecule has 0 fully saturated rings. The van der Waals surface area contributed by atoms with Gasteiger partial charge in [-0.1, -0.05) is 17.7 Å². The van der Waals surface area contributed by atoms with Gasteiger partial charge in [0.2, 0.25) is 0 Å². The SMILES string of the molecule is Cc1cc(C)c(NC2CCCc3sc(Br)cc32)c(C)c1. The zero-order valence-corrected chi connectivity index (χ0v) is 14.6. The largest absolute Gasteiger partial charge is 0.378 e. The maximum absolute atomic E-state index is 3.80. The first-order valence-electron chi connectivity index (χ1n) is 7.17. The Morgan fingerprint density at radius 2 is 1.85 bits per heavy atom. The predicted molar refractivity (Wildman–Crippen MR) is 92.0 cm³/mol. The second kappa shape index (κ2) is 5.53. The number of nitrogens with one attached hydrogen (secondary N) is 1. The summed E-state index contributed by atoms with van der Waals surface area (Å²) in [6, 6.07) is 7.29. The van der Waals surface area contributed by atoms with Gasteiger partial charge in [-0.05, 0) is 78.7 Å². The van der Waals surface area contributed by atoms with E-state index in [0.717, 1.165) is 0 Å². The first kappa shape index (κ1) is 14.2. The molecule has 2 aromatic rings. The maximum atomic E-state index is 3.80. The molecule has 1 aromatic heterocycles. The van der Waals surface area contributed by atoms with Crippen LogP contribution in [-0.2, 0) is 6.42 Å². The number of benzene rings is 1. The van der Waals surface area contributed by atoms with Crippen LogP contribution in [0.2, 0.25) is 0 Å². The lowest BCUT2D eigenvalue weighted by Crippen LogP contribution is -2.16. The summed E-state index contributed by atoms with van der Waals surface area (Å²) in [5.41, 5.74) is 6.85. The minimum atomic E-state index is 0.460. The lowest BCUT2D eigenvalue weighted by Gasteiger charge is -2.26. The van der Waals surface area contributed by atoms with E-state index in [0.29, 0.717) is 6.04 Å². The van der Waals surface area contributed by atoms with E-state index < -0.39 is 0 Å². The van der Waals surface area contributed by atoms with Crippen LogP contribution in [0.1, 0.15) is 46.0 Å². The average Bonchev–Trinajstić information content (AvgIpc) is 2.74. The quantitative estimate of drug-likeness (QED) is 0.708. The van der Waals surface area contributed by atoms with Gasteiger partial charge in [0.05, 0.1) is 9.83 Å². The first-order chi connectivity index (χ1) is 9.54. The van der Waals surface area contributed by atoms with E-state index in [1.165, 1.54) is 51.0 Å². The van der Waals surface area contributed by atoms with Crippen LogP contribution in [0, 0.1) is 20.8 Å². The van der Waals surface area contributed by atoms with Crippen molar-refractivity contribution < 1.29 is 0 Å². The average molecular weight is 350 g/mol.